The van der Waals surface area contributed by atoms with Gasteiger partial charge in [0.25, 0.3) is 5.91 Å². The van der Waals surface area contributed by atoms with E-state index in [9.17, 15) is 18.0 Å². The molecule has 1 amide bonds. The maximum absolute atomic E-state index is 13.6. The Kier molecular flexibility index (Phi) is 5.55. The molecule has 3 rings (SSSR count). The van der Waals surface area contributed by atoms with Crippen molar-refractivity contribution in [3.63, 3.8) is 0 Å². The quantitative estimate of drug-likeness (QED) is 0.407. The molecule has 1 aliphatic rings. The second kappa shape index (κ2) is 7.55. The van der Waals surface area contributed by atoms with Crippen molar-refractivity contribution in [1.29, 1.82) is 0 Å². The average Bonchev–Trinajstić information content (AvgIpc) is 2.82. The minimum atomic E-state index is -4.63. The summed E-state index contributed by atoms with van der Waals surface area (Å²) in [5.41, 5.74) is 4.53. The molecule has 0 bridgehead atoms. The lowest BCUT2D eigenvalue weighted by Crippen LogP contribution is -2.44. The minimum Gasteiger partial charge on any atom is -0.397 e. The lowest BCUT2D eigenvalue weighted by atomic mass is 10.0. The molecule has 1 aliphatic heterocycles. The summed E-state index contributed by atoms with van der Waals surface area (Å²) in [5, 5.41) is 0.379. The standard InChI is InChI=1S/C20H18ClF3N4OS/c1-19(2)17(29)27(18(30)28(19)13-6-7-15(21)16(25)9-13)12-5-4-11(10-26-3)14(8-12)20(22,23)24/h4-10H,25H2,1-3H3. The molecule has 0 radical (unpaired) electrons. The average molecular weight is 455 g/mol. The largest absolute Gasteiger partial charge is 0.417 e. The van der Waals surface area contributed by atoms with Gasteiger partial charge in [-0.2, -0.15) is 13.2 Å². The molecule has 2 N–H and O–H groups in total. The number of benzene rings is 2. The van der Waals surface area contributed by atoms with Gasteiger partial charge in [-0.25, -0.2) is 0 Å². The van der Waals surface area contributed by atoms with Crippen LogP contribution >= 0.6 is 23.8 Å². The van der Waals surface area contributed by atoms with Crippen LogP contribution in [0.15, 0.2) is 41.4 Å². The topological polar surface area (TPSA) is 61.9 Å². The van der Waals surface area contributed by atoms with E-state index in [4.69, 9.17) is 29.6 Å². The van der Waals surface area contributed by atoms with Crippen LogP contribution in [0.4, 0.5) is 30.2 Å². The van der Waals surface area contributed by atoms with Crippen molar-refractivity contribution >= 4 is 58.1 Å². The monoisotopic (exact) mass is 454 g/mol. The fraction of sp³-hybridized carbons (Fsp3) is 0.250. The second-order valence-corrected chi connectivity index (χ2v) is 7.95. The highest BCUT2D eigenvalue weighted by Crippen LogP contribution is 2.40. The molecule has 1 saturated heterocycles. The number of nitrogen functional groups attached to an aromatic ring is 1. The third-order valence-corrected chi connectivity index (χ3v) is 5.48. The predicted molar refractivity (Wildman–Crippen MR) is 117 cm³/mol. The molecular weight excluding hydrogens is 437 g/mol. The summed E-state index contributed by atoms with van der Waals surface area (Å²) in [4.78, 5) is 19.5. The molecule has 0 saturated carbocycles. The number of amides is 1. The number of carbonyl (C=O) groups is 1. The fourth-order valence-electron chi connectivity index (χ4n) is 3.31. The lowest BCUT2D eigenvalue weighted by molar-refractivity contribution is -0.137. The number of nitrogens with two attached hydrogens (primary N) is 1. The second-order valence-electron chi connectivity index (χ2n) is 7.18. The molecule has 0 aromatic heterocycles. The molecule has 30 heavy (non-hydrogen) atoms. The van der Waals surface area contributed by atoms with E-state index in [1.54, 1.807) is 36.9 Å². The normalized spacial score (nSPS) is 16.8. The van der Waals surface area contributed by atoms with Crippen LogP contribution in [0.1, 0.15) is 25.0 Å². The van der Waals surface area contributed by atoms with Gasteiger partial charge in [-0.1, -0.05) is 17.7 Å². The molecule has 1 heterocycles. The van der Waals surface area contributed by atoms with Gasteiger partial charge in [-0.15, -0.1) is 0 Å². The van der Waals surface area contributed by atoms with E-state index < -0.39 is 23.2 Å². The van der Waals surface area contributed by atoms with Gasteiger partial charge in [0.1, 0.15) is 5.54 Å². The Morgan fingerprint density at radius 2 is 1.80 bits per heavy atom. The highest BCUT2D eigenvalue weighted by Gasteiger charge is 2.50. The van der Waals surface area contributed by atoms with Crippen LogP contribution in [0.5, 0.6) is 0 Å². The number of hydrogen-bond acceptors (Lipinski definition) is 4. The zero-order valence-corrected chi connectivity index (χ0v) is 17.9. The van der Waals surface area contributed by atoms with E-state index in [-0.39, 0.29) is 16.4 Å². The Hall–Kier alpha value is -2.65. The number of anilines is 3. The number of nitrogens with zero attached hydrogens (tertiary/aromatic N) is 3. The zero-order valence-electron chi connectivity index (χ0n) is 16.3. The fourth-order valence-corrected chi connectivity index (χ4v) is 3.95. The van der Waals surface area contributed by atoms with Crippen LogP contribution in [0.2, 0.25) is 5.02 Å². The SMILES string of the molecule is CN=Cc1ccc(N2C(=O)C(C)(C)N(c3ccc(Cl)c(N)c3)C2=S)cc1C(F)(F)F. The molecule has 0 atom stereocenters. The highest BCUT2D eigenvalue weighted by atomic mass is 35.5. The summed E-state index contributed by atoms with van der Waals surface area (Å²) in [6.07, 6.45) is -3.51. The molecule has 0 spiro atoms. The Labute approximate surface area is 181 Å². The molecule has 2 aromatic rings. The van der Waals surface area contributed by atoms with E-state index in [1.165, 1.54) is 19.2 Å². The van der Waals surface area contributed by atoms with E-state index in [0.717, 1.165) is 17.2 Å². The van der Waals surface area contributed by atoms with Crippen molar-refractivity contribution in [2.75, 3.05) is 22.6 Å². The lowest BCUT2D eigenvalue weighted by Gasteiger charge is -2.29. The number of thiocarbonyl (C=S) groups is 1. The van der Waals surface area contributed by atoms with Crippen molar-refractivity contribution in [1.82, 2.24) is 0 Å². The molecule has 5 nitrogen and oxygen atoms in total. The van der Waals surface area contributed by atoms with Gasteiger partial charge in [0, 0.05) is 24.5 Å². The first-order chi connectivity index (χ1) is 13.9. The smallest absolute Gasteiger partial charge is 0.397 e. The van der Waals surface area contributed by atoms with Gasteiger partial charge >= 0.3 is 6.18 Å². The Morgan fingerprint density at radius 1 is 1.17 bits per heavy atom. The van der Waals surface area contributed by atoms with Crippen LogP contribution in [0.25, 0.3) is 0 Å². The molecule has 0 unspecified atom stereocenters. The molecular formula is C20H18ClF3N4OS. The van der Waals surface area contributed by atoms with Crippen molar-refractivity contribution < 1.29 is 18.0 Å². The van der Waals surface area contributed by atoms with Crippen LogP contribution < -0.4 is 15.5 Å². The molecule has 158 valence electrons. The Morgan fingerprint density at radius 3 is 2.37 bits per heavy atom. The maximum Gasteiger partial charge on any atom is 0.417 e. The highest BCUT2D eigenvalue weighted by molar-refractivity contribution is 7.81. The zero-order chi connectivity index (χ0) is 22.4. The van der Waals surface area contributed by atoms with Crippen LogP contribution in [0.3, 0.4) is 0 Å². The van der Waals surface area contributed by atoms with Crippen LogP contribution in [-0.2, 0) is 11.0 Å². The van der Waals surface area contributed by atoms with Gasteiger partial charge in [-0.3, -0.25) is 14.7 Å². The molecule has 10 heteroatoms. The molecule has 1 fully saturated rings. The summed E-state index contributed by atoms with van der Waals surface area (Å²) in [5.74, 6) is -0.467. The number of alkyl halides is 3. The first-order valence-electron chi connectivity index (χ1n) is 8.76. The van der Waals surface area contributed by atoms with Crippen molar-refractivity contribution in [2.24, 2.45) is 4.99 Å². The number of rotatable bonds is 3. The number of aliphatic imine (C=N–C) groups is 1. The maximum atomic E-state index is 13.6. The van der Waals surface area contributed by atoms with Crippen LogP contribution in [-0.4, -0.2) is 29.8 Å². The van der Waals surface area contributed by atoms with E-state index in [2.05, 4.69) is 4.99 Å². The van der Waals surface area contributed by atoms with E-state index in [1.807, 2.05) is 0 Å². The summed E-state index contributed by atoms with van der Waals surface area (Å²) in [7, 11) is 1.38. The third kappa shape index (κ3) is 3.63. The Bertz CT molecular complexity index is 1070. The van der Waals surface area contributed by atoms with E-state index in [0.29, 0.717) is 16.4 Å². The van der Waals surface area contributed by atoms with Crippen molar-refractivity contribution in [3.8, 4) is 0 Å². The predicted octanol–water partition coefficient (Wildman–Crippen LogP) is 4.91. The van der Waals surface area contributed by atoms with Crippen molar-refractivity contribution in [3.05, 3.63) is 52.5 Å². The first kappa shape index (κ1) is 22.0. The van der Waals surface area contributed by atoms with Gasteiger partial charge < -0.3 is 10.6 Å². The molecule has 0 aliphatic carbocycles. The number of carbonyl (C=O) groups excluding carboxylic acids is 1. The molecule has 2 aromatic carbocycles. The van der Waals surface area contributed by atoms with Crippen molar-refractivity contribution in [2.45, 2.75) is 25.6 Å². The summed E-state index contributed by atoms with van der Waals surface area (Å²) >= 11 is 11.5. The minimum absolute atomic E-state index is 0.0167. The third-order valence-electron chi connectivity index (χ3n) is 4.77. The number of hydrogen-bond donors (Lipinski definition) is 1. The van der Waals surface area contributed by atoms with Crippen LogP contribution in [0, 0.1) is 0 Å². The van der Waals surface area contributed by atoms with Gasteiger partial charge in [-0.05, 0) is 56.4 Å². The first-order valence-corrected chi connectivity index (χ1v) is 9.55. The summed E-state index contributed by atoms with van der Waals surface area (Å²) in [6, 6.07) is 8.35. The van der Waals surface area contributed by atoms with Gasteiger partial charge in [0.2, 0.25) is 0 Å². The van der Waals surface area contributed by atoms with E-state index >= 15 is 0 Å². The number of halogens is 4. The van der Waals surface area contributed by atoms with Gasteiger partial charge in [0.15, 0.2) is 5.11 Å². The summed E-state index contributed by atoms with van der Waals surface area (Å²) < 4.78 is 40.7. The Balaban J connectivity index is 2.12. The summed E-state index contributed by atoms with van der Waals surface area (Å²) in [6.45, 7) is 3.27. The van der Waals surface area contributed by atoms with Gasteiger partial charge in [0.05, 0.1) is 22.0 Å².